The Labute approximate surface area is 103 Å². The summed E-state index contributed by atoms with van der Waals surface area (Å²) in [6.45, 7) is 3.66. The molecule has 0 aromatic carbocycles. The second-order valence-electron chi connectivity index (χ2n) is 3.61. The Morgan fingerprint density at radius 1 is 1.53 bits per heavy atom. The van der Waals surface area contributed by atoms with Crippen LogP contribution in [0.4, 0.5) is 0 Å². The third-order valence-electron chi connectivity index (χ3n) is 2.37. The highest BCUT2D eigenvalue weighted by Crippen LogP contribution is 2.21. The first-order valence-corrected chi connectivity index (χ1v) is 6.05. The number of aliphatic hydroxyl groups is 1. The van der Waals surface area contributed by atoms with Crippen molar-refractivity contribution in [2.45, 2.75) is 26.4 Å². The SMILES string of the molecule is CCc1cc(C(=O)NCC(O)C(=O)O)sc1C. The topological polar surface area (TPSA) is 86.6 Å². The number of hydrogen-bond acceptors (Lipinski definition) is 4. The molecule has 0 spiro atoms. The number of carboxylic acid groups (broad SMARTS) is 1. The number of nitrogens with one attached hydrogen (secondary N) is 1. The van der Waals surface area contributed by atoms with E-state index in [-0.39, 0.29) is 12.5 Å². The molecule has 1 rings (SSSR count). The van der Waals surface area contributed by atoms with Crippen LogP contribution in [-0.4, -0.2) is 34.7 Å². The number of aliphatic carboxylic acids is 1. The quantitative estimate of drug-likeness (QED) is 0.728. The first-order valence-electron chi connectivity index (χ1n) is 5.24. The van der Waals surface area contributed by atoms with E-state index in [1.165, 1.54) is 11.3 Å². The van der Waals surface area contributed by atoms with Gasteiger partial charge in [-0.3, -0.25) is 4.79 Å². The number of aliphatic hydroxyl groups excluding tert-OH is 1. The van der Waals surface area contributed by atoms with E-state index in [9.17, 15) is 9.59 Å². The molecule has 0 aliphatic carbocycles. The van der Waals surface area contributed by atoms with Gasteiger partial charge in [-0.2, -0.15) is 0 Å². The fraction of sp³-hybridized carbons (Fsp3) is 0.455. The molecule has 17 heavy (non-hydrogen) atoms. The molecule has 5 nitrogen and oxygen atoms in total. The lowest BCUT2D eigenvalue weighted by atomic mass is 10.2. The summed E-state index contributed by atoms with van der Waals surface area (Å²) in [6, 6.07) is 1.79. The molecule has 1 aromatic rings. The molecule has 6 heteroatoms. The molecule has 0 aliphatic rings. The number of hydrogen-bond donors (Lipinski definition) is 3. The highest BCUT2D eigenvalue weighted by molar-refractivity contribution is 7.14. The lowest BCUT2D eigenvalue weighted by molar-refractivity contribution is -0.146. The van der Waals surface area contributed by atoms with Crippen molar-refractivity contribution in [3.8, 4) is 0 Å². The maximum Gasteiger partial charge on any atom is 0.334 e. The minimum Gasteiger partial charge on any atom is -0.479 e. The maximum absolute atomic E-state index is 11.6. The molecule has 1 aromatic heterocycles. The van der Waals surface area contributed by atoms with E-state index in [0.29, 0.717) is 4.88 Å². The summed E-state index contributed by atoms with van der Waals surface area (Å²) in [6.07, 6.45) is -0.710. The molecule has 0 radical (unpaired) electrons. The minimum atomic E-state index is -1.56. The van der Waals surface area contributed by atoms with E-state index in [2.05, 4.69) is 5.32 Å². The zero-order valence-corrected chi connectivity index (χ0v) is 10.5. The van der Waals surface area contributed by atoms with Crippen LogP contribution in [0.25, 0.3) is 0 Å². The van der Waals surface area contributed by atoms with Gasteiger partial charge in [-0.05, 0) is 25.0 Å². The van der Waals surface area contributed by atoms with Gasteiger partial charge < -0.3 is 15.5 Å². The van der Waals surface area contributed by atoms with E-state index in [1.54, 1.807) is 6.07 Å². The lowest BCUT2D eigenvalue weighted by Gasteiger charge is -2.06. The van der Waals surface area contributed by atoms with Gasteiger partial charge >= 0.3 is 5.97 Å². The molecule has 0 saturated carbocycles. The van der Waals surface area contributed by atoms with Crippen molar-refractivity contribution in [3.63, 3.8) is 0 Å². The molecule has 3 N–H and O–H groups in total. The second-order valence-corrected chi connectivity index (χ2v) is 4.87. The van der Waals surface area contributed by atoms with Crippen molar-refractivity contribution in [3.05, 3.63) is 21.4 Å². The standard InChI is InChI=1S/C11H15NO4S/c1-3-7-4-9(17-6(7)2)10(14)12-5-8(13)11(15)16/h4,8,13H,3,5H2,1-2H3,(H,12,14)(H,15,16). The number of thiophene rings is 1. The van der Waals surface area contributed by atoms with E-state index in [1.807, 2.05) is 13.8 Å². The summed E-state index contributed by atoms with van der Waals surface area (Å²) < 4.78 is 0. The van der Waals surface area contributed by atoms with Crippen molar-refractivity contribution in [1.82, 2.24) is 5.32 Å². The summed E-state index contributed by atoms with van der Waals surface area (Å²) in [5.41, 5.74) is 1.11. The Kier molecular flexibility index (Phi) is 4.65. The molecule has 94 valence electrons. The largest absolute Gasteiger partial charge is 0.479 e. The summed E-state index contributed by atoms with van der Waals surface area (Å²) in [4.78, 5) is 23.6. The van der Waals surface area contributed by atoms with Gasteiger partial charge in [0.05, 0.1) is 11.4 Å². The van der Waals surface area contributed by atoms with Crippen LogP contribution >= 0.6 is 11.3 Å². The molecule has 0 aliphatic heterocycles. The number of aryl methyl sites for hydroxylation is 2. The van der Waals surface area contributed by atoms with Crippen LogP contribution in [0.5, 0.6) is 0 Å². The predicted molar refractivity (Wildman–Crippen MR) is 64.4 cm³/mol. The number of carbonyl (C=O) groups excluding carboxylic acids is 1. The molecule has 1 amide bonds. The van der Waals surface area contributed by atoms with Gasteiger partial charge in [0.1, 0.15) is 0 Å². The van der Waals surface area contributed by atoms with Gasteiger partial charge in [0.15, 0.2) is 6.10 Å². The molecule has 1 unspecified atom stereocenters. The van der Waals surface area contributed by atoms with Crippen LogP contribution < -0.4 is 5.32 Å². The van der Waals surface area contributed by atoms with Gasteiger partial charge in [-0.15, -0.1) is 11.3 Å². The normalized spacial score (nSPS) is 12.2. The van der Waals surface area contributed by atoms with Crippen LogP contribution in [0, 0.1) is 6.92 Å². The number of amides is 1. The van der Waals surface area contributed by atoms with Gasteiger partial charge in [0.25, 0.3) is 5.91 Å². The second kappa shape index (κ2) is 5.79. The average molecular weight is 257 g/mol. The monoisotopic (exact) mass is 257 g/mol. The number of rotatable bonds is 5. The maximum atomic E-state index is 11.6. The lowest BCUT2D eigenvalue weighted by Crippen LogP contribution is -2.36. The van der Waals surface area contributed by atoms with Crippen molar-refractivity contribution in [2.75, 3.05) is 6.54 Å². The zero-order chi connectivity index (χ0) is 13.0. The first kappa shape index (κ1) is 13.7. The van der Waals surface area contributed by atoms with Crippen LogP contribution in [0.15, 0.2) is 6.07 Å². The van der Waals surface area contributed by atoms with Crippen molar-refractivity contribution >= 4 is 23.2 Å². The van der Waals surface area contributed by atoms with Crippen LogP contribution in [0.2, 0.25) is 0 Å². The smallest absolute Gasteiger partial charge is 0.334 e. The number of carbonyl (C=O) groups is 2. The third kappa shape index (κ3) is 3.54. The first-order chi connectivity index (χ1) is 7.95. The average Bonchev–Trinajstić information content (AvgIpc) is 2.66. The molecular weight excluding hydrogens is 242 g/mol. The highest BCUT2D eigenvalue weighted by Gasteiger charge is 2.16. The Balaban J connectivity index is 2.61. The zero-order valence-electron chi connectivity index (χ0n) is 9.69. The van der Waals surface area contributed by atoms with Gasteiger partial charge in [-0.25, -0.2) is 4.79 Å². The van der Waals surface area contributed by atoms with E-state index >= 15 is 0 Å². The predicted octanol–water partition coefficient (Wildman–Crippen LogP) is 0.794. The Morgan fingerprint density at radius 2 is 2.18 bits per heavy atom. The molecule has 1 atom stereocenters. The molecule has 0 bridgehead atoms. The van der Waals surface area contributed by atoms with Crippen LogP contribution in [-0.2, 0) is 11.2 Å². The Morgan fingerprint density at radius 3 is 2.65 bits per heavy atom. The van der Waals surface area contributed by atoms with Gasteiger partial charge in [0, 0.05) is 4.88 Å². The summed E-state index contributed by atoms with van der Waals surface area (Å²) in [5.74, 6) is -1.69. The molecule has 0 saturated heterocycles. The van der Waals surface area contributed by atoms with Gasteiger partial charge in [0.2, 0.25) is 0 Å². The summed E-state index contributed by atoms with van der Waals surface area (Å²) in [7, 11) is 0. The third-order valence-corrected chi connectivity index (χ3v) is 3.46. The Hall–Kier alpha value is -1.40. The van der Waals surface area contributed by atoms with Gasteiger partial charge in [-0.1, -0.05) is 6.92 Å². The number of carboxylic acids is 1. The summed E-state index contributed by atoms with van der Waals surface area (Å²) in [5, 5.41) is 19.9. The van der Waals surface area contributed by atoms with Crippen molar-refractivity contribution in [2.24, 2.45) is 0 Å². The van der Waals surface area contributed by atoms with Crippen molar-refractivity contribution < 1.29 is 19.8 Å². The molecule has 1 heterocycles. The molecular formula is C11H15NO4S. The molecule has 0 fully saturated rings. The summed E-state index contributed by atoms with van der Waals surface area (Å²) >= 11 is 1.37. The Bertz CT molecular complexity index is 427. The fourth-order valence-corrected chi connectivity index (χ4v) is 2.38. The van der Waals surface area contributed by atoms with Crippen LogP contribution in [0.3, 0.4) is 0 Å². The highest BCUT2D eigenvalue weighted by atomic mass is 32.1. The van der Waals surface area contributed by atoms with E-state index in [4.69, 9.17) is 10.2 Å². The van der Waals surface area contributed by atoms with Crippen LogP contribution in [0.1, 0.15) is 27.0 Å². The van der Waals surface area contributed by atoms with E-state index < -0.39 is 12.1 Å². The fourth-order valence-electron chi connectivity index (χ4n) is 1.35. The minimum absolute atomic E-state index is 0.285. The van der Waals surface area contributed by atoms with E-state index in [0.717, 1.165) is 16.9 Å². The van der Waals surface area contributed by atoms with Crippen molar-refractivity contribution in [1.29, 1.82) is 0 Å².